The molecule has 4 rings (SSSR count). The van der Waals surface area contributed by atoms with Gasteiger partial charge in [0.05, 0.1) is 5.69 Å². The second kappa shape index (κ2) is 6.51. The Morgan fingerprint density at radius 2 is 1.58 bits per heavy atom. The van der Waals surface area contributed by atoms with Crippen LogP contribution >= 0.6 is 11.6 Å². The maximum atomic E-state index is 9.54. The van der Waals surface area contributed by atoms with Gasteiger partial charge in [-0.05, 0) is 29.0 Å². The van der Waals surface area contributed by atoms with Crippen LogP contribution in [0.15, 0.2) is 72.8 Å². The third kappa shape index (κ3) is 2.77. The van der Waals surface area contributed by atoms with Crippen molar-refractivity contribution in [1.82, 2.24) is 4.98 Å². The number of benzene rings is 3. The Labute approximate surface area is 156 Å². The molecule has 0 saturated heterocycles. The number of nitrogen functional groups attached to an aromatic ring is 1. The zero-order valence-corrected chi connectivity index (χ0v) is 14.5. The number of fused-ring (bicyclic) bond motifs is 1. The number of halogens is 1. The van der Waals surface area contributed by atoms with Crippen molar-refractivity contribution in [3.8, 4) is 28.5 Å². The van der Waals surface area contributed by atoms with Crippen molar-refractivity contribution in [2.75, 3.05) is 5.73 Å². The number of aromatic nitrogens is 1. The van der Waals surface area contributed by atoms with Crippen LogP contribution in [-0.4, -0.2) is 4.98 Å². The topological polar surface area (TPSA) is 62.7 Å². The first-order valence-electron chi connectivity index (χ1n) is 8.12. The molecule has 0 aliphatic heterocycles. The summed E-state index contributed by atoms with van der Waals surface area (Å²) >= 11 is 6.35. The van der Waals surface area contributed by atoms with Gasteiger partial charge in [0.1, 0.15) is 17.5 Å². The van der Waals surface area contributed by atoms with Gasteiger partial charge in [-0.2, -0.15) is 5.26 Å². The summed E-state index contributed by atoms with van der Waals surface area (Å²) in [6, 6.07) is 25.7. The van der Waals surface area contributed by atoms with Crippen molar-refractivity contribution >= 4 is 28.2 Å². The molecular formula is C22H14ClN3. The van der Waals surface area contributed by atoms with Crippen LogP contribution in [0.5, 0.6) is 0 Å². The molecule has 3 nitrogen and oxygen atoms in total. The predicted octanol–water partition coefficient (Wildman–Crippen LogP) is 5.68. The second-order valence-electron chi connectivity index (χ2n) is 5.97. The van der Waals surface area contributed by atoms with Gasteiger partial charge in [0.2, 0.25) is 0 Å². The maximum absolute atomic E-state index is 9.54. The fraction of sp³-hybridized carbons (Fsp3) is 0. The molecule has 4 aromatic rings. The van der Waals surface area contributed by atoms with Gasteiger partial charge in [-0.15, -0.1) is 0 Å². The highest BCUT2D eigenvalue weighted by molar-refractivity contribution is 6.33. The molecule has 0 unspecified atom stereocenters. The van der Waals surface area contributed by atoms with Crippen molar-refractivity contribution in [1.29, 1.82) is 5.26 Å². The van der Waals surface area contributed by atoms with Crippen molar-refractivity contribution in [3.05, 3.63) is 83.4 Å². The Balaban J connectivity index is 1.95. The highest BCUT2D eigenvalue weighted by atomic mass is 35.5. The van der Waals surface area contributed by atoms with Gasteiger partial charge < -0.3 is 5.73 Å². The lowest BCUT2D eigenvalue weighted by molar-refractivity contribution is 1.31. The summed E-state index contributed by atoms with van der Waals surface area (Å²) in [5, 5.41) is 12.4. The van der Waals surface area contributed by atoms with E-state index in [0.717, 1.165) is 21.9 Å². The molecule has 1 heterocycles. The number of anilines is 1. The molecular weight excluding hydrogens is 342 g/mol. The predicted molar refractivity (Wildman–Crippen MR) is 107 cm³/mol. The molecule has 0 radical (unpaired) electrons. The highest BCUT2D eigenvalue weighted by Crippen LogP contribution is 2.35. The summed E-state index contributed by atoms with van der Waals surface area (Å²) in [6.45, 7) is 0. The normalized spacial score (nSPS) is 10.6. The third-order valence-electron chi connectivity index (χ3n) is 4.37. The van der Waals surface area contributed by atoms with E-state index in [2.05, 4.69) is 35.3 Å². The lowest BCUT2D eigenvalue weighted by atomic mass is 9.97. The first-order valence-corrected chi connectivity index (χ1v) is 8.50. The maximum Gasteiger partial charge on any atom is 0.142 e. The van der Waals surface area contributed by atoms with Gasteiger partial charge in [0.15, 0.2) is 0 Å². The van der Waals surface area contributed by atoms with Crippen molar-refractivity contribution in [3.63, 3.8) is 0 Å². The van der Waals surface area contributed by atoms with Gasteiger partial charge in [-0.1, -0.05) is 66.2 Å². The summed E-state index contributed by atoms with van der Waals surface area (Å²) in [5.74, 6) is 0.202. The fourth-order valence-electron chi connectivity index (χ4n) is 3.07. The lowest BCUT2D eigenvalue weighted by Gasteiger charge is -2.12. The smallest absolute Gasteiger partial charge is 0.142 e. The zero-order valence-electron chi connectivity index (χ0n) is 13.8. The van der Waals surface area contributed by atoms with E-state index in [1.54, 1.807) is 6.07 Å². The Morgan fingerprint density at radius 1 is 0.846 bits per heavy atom. The second-order valence-corrected chi connectivity index (χ2v) is 6.38. The molecule has 3 aromatic carbocycles. The van der Waals surface area contributed by atoms with Gasteiger partial charge in [-0.3, -0.25) is 0 Å². The van der Waals surface area contributed by atoms with Crippen molar-refractivity contribution in [2.24, 2.45) is 0 Å². The van der Waals surface area contributed by atoms with Crippen LogP contribution in [0.3, 0.4) is 0 Å². The first kappa shape index (κ1) is 16.1. The molecule has 1 aromatic heterocycles. The molecule has 0 amide bonds. The van der Waals surface area contributed by atoms with Gasteiger partial charge in [0.25, 0.3) is 0 Å². The number of nitrogens with zero attached hydrogens (tertiary/aromatic N) is 2. The van der Waals surface area contributed by atoms with Crippen LogP contribution < -0.4 is 5.73 Å². The van der Waals surface area contributed by atoms with E-state index in [1.165, 1.54) is 0 Å². The zero-order chi connectivity index (χ0) is 18.1. The minimum Gasteiger partial charge on any atom is -0.383 e. The number of pyridine rings is 1. The Kier molecular flexibility index (Phi) is 4.04. The molecule has 0 bridgehead atoms. The van der Waals surface area contributed by atoms with Gasteiger partial charge in [0, 0.05) is 21.7 Å². The van der Waals surface area contributed by atoms with Gasteiger partial charge >= 0.3 is 0 Å². The third-order valence-corrected chi connectivity index (χ3v) is 4.70. The van der Waals surface area contributed by atoms with E-state index in [-0.39, 0.29) is 5.82 Å². The van der Waals surface area contributed by atoms with Crippen LogP contribution in [-0.2, 0) is 0 Å². The SMILES string of the molecule is N#Cc1c(-c2ccccc2Cl)cc(-c2ccc3ccccc3c2)nc1N. The number of nitrogens with two attached hydrogens (primary N) is 1. The molecule has 0 spiro atoms. The largest absolute Gasteiger partial charge is 0.383 e. The summed E-state index contributed by atoms with van der Waals surface area (Å²) < 4.78 is 0. The molecule has 4 heteroatoms. The van der Waals surface area contributed by atoms with Crippen LogP contribution in [0.1, 0.15) is 5.56 Å². The quantitative estimate of drug-likeness (QED) is 0.503. The van der Waals surface area contributed by atoms with Crippen molar-refractivity contribution in [2.45, 2.75) is 0 Å². The Morgan fingerprint density at radius 3 is 2.35 bits per heavy atom. The summed E-state index contributed by atoms with van der Waals surface area (Å²) in [4.78, 5) is 4.45. The molecule has 124 valence electrons. The summed E-state index contributed by atoms with van der Waals surface area (Å²) in [7, 11) is 0. The Bertz CT molecular complexity index is 1180. The minimum absolute atomic E-state index is 0.202. The molecule has 0 atom stereocenters. The van der Waals surface area contributed by atoms with Gasteiger partial charge in [-0.25, -0.2) is 4.98 Å². The van der Waals surface area contributed by atoms with E-state index in [9.17, 15) is 5.26 Å². The van der Waals surface area contributed by atoms with Crippen LogP contribution in [0.4, 0.5) is 5.82 Å². The van der Waals surface area contributed by atoms with E-state index in [1.807, 2.05) is 42.5 Å². The molecule has 0 saturated carbocycles. The first-order chi connectivity index (χ1) is 12.7. The summed E-state index contributed by atoms with van der Waals surface area (Å²) in [6.07, 6.45) is 0. The number of nitriles is 1. The average molecular weight is 356 g/mol. The molecule has 0 fully saturated rings. The van der Waals surface area contributed by atoms with E-state index >= 15 is 0 Å². The highest BCUT2D eigenvalue weighted by Gasteiger charge is 2.15. The van der Waals surface area contributed by atoms with Crippen molar-refractivity contribution < 1.29 is 0 Å². The molecule has 0 aliphatic carbocycles. The van der Waals surface area contributed by atoms with Crippen LogP contribution in [0.2, 0.25) is 5.02 Å². The van der Waals surface area contributed by atoms with Crippen LogP contribution in [0.25, 0.3) is 33.2 Å². The standard InChI is InChI=1S/C22H14ClN3/c23-20-8-4-3-7-17(20)18-12-21(26-22(25)19(18)13-24)16-10-9-14-5-1-2-6-15(14)11-16/h1-12H,(H2,25,26). The lowest BCUT2D eigenvalue weighted by Crippen LogP contribution is -2.00. The Hall–Kier alpha value is -3.35. The number of hydrogen-bond donors (Lipinski definition) is 1. The number of rotatable bonds is 2. The van der Waals surface area contributed by atoms with E-state index in [0.29, 0.717) is 21.8 Å². The molecule has 2 N–H and O–H groups in total. The number of hydrogen-bond acceptors (Lipinski definition) is 3. The van der Waals surface area contributed by atoms with E-state index in [4.69, 9.17) is 17.3 Å². The molecule has 0 aliphatic rings. The monoisotopic (exact) mass is 355 g/mol. The molecule has 26 heavy (non-hydrogen) atoms. The summed E-state index contributed by atoms with van der Waals surface area (Å²) in [5.41, 5.74) is 9.53. The minimum atomic E-state index is 0.202. The van der Waals surface area contributed by atoms with E-state index < -0.39 is 0 Å². The fourth-order valence-corrected chi connectivity index (χ4v) is 3.31. The average Bonchev–Trinajstić information content (AvgIpc) is 2.67. The van der Waals surface area contributed by atoms with Crippen LogP contribution in [0, 0.1) is 11.3 Å².